The van der Waals surface area contributed by atoms with Gasteiger partial charge in [0.25, 0.3) is 11.8 Å². The quantitative estimate of drug-likeness (QED) is 0.632. The molecule has 35 heavy (non-hydrogen) atoms. The minimum Gasteiger partial charge on any atom is -0.355 e. The monoisotopic (exact) mass is 518 g/mol. The van der Waals surface area contributed by atoms with E-state index in [0.717, 1.165) is 36.1 Å². The second kappa shape index (κ2) is 10.5. The fourth-order valence-electron chi connectivity index (χ4n) is 4.51. The molecule has 188 valence electrons. The number of benzene rings is 1. The molecule has 1 aromatic carbocycles. The molecule has 0 bridgehead atoms. The van der Waals surface area contributed by atoms with Crippen molar-refractivity contribution in [3.8, 4) is 0 Å². The van der Waals surface area contributed by atoms with Crippen LogP contribution in [0.3, 0.4) is 0 Å². The highest BCUT2D eigenvalue weighted by molar-refractivity contribution is 7.89. The van der Waals surface area contributed by atoms with Crippen LogP contribution in [0.4, 0.5) is 5.00 Å². The molecular formula is C24H30N4O5S2. The number of fused-ring (bicyclic) bond motifs is 1. The fraction of sp³-hybridized carbons (Fsp3) is 0.458. The van der Waals surface area contributed by atoms with E-state index in [0.29, 0.717) is 48.7 Å². The second-order valence-electron chi connectivity index (χ2n) is 8.77. The summed E-state index contributed by atoms with van der Waals surface area (Å²) >= 11 is 1.29. The van der Waals surface area contributed by atoms with Gasteiger partial charge in [0.2, 0.25) is 15.9 Å². The highest BCUT2D eigenvalue weighted by Crippen LogP contribution is 2.37. The maximum atomic E-state index is 13.0. The van der Waals surface area contributed by atoms with Gasteiger partial charge in [-0.25, -0.2) is 8.42 Å². The molecule has 1 saturated heterocycles. The lowest BCUT2D eigenvalue weighted by molar-refractivity contribution is -0.129. The normalized spacial score (nSPS) is 16.8. The third-order valence-electron chi connectivity index (χ3n) is 6.50. The third kappa shape index (κ3) is 5.26. The van der Waals surface area contributed by atoms with Crippen LogP contribution in [0, 0.1) is 0 Å². The first-order valence-corrected chi connectivity index (χ1v) is 14.0. The van der Waals surface area contributed by atoms with E-state index in [2.05, 4.69) is 10.6 Å². The van der Waals surface area contributed by atoms with E-state index in [4.69, 9.17) is 0 Å². The lowest BCUT2D eigenvalue weighted by atomic mass is 10.0. The number of anilines is 1. The largest absolute Gasteiger partial charge is 0.355 e. The molecule has 2 aliphatic rings. The Labute approximate surface area is 209 Å². The molecule has 9 nitrogen and oxygen atoms in total. The number of thiophene rings is 1. The van der Waals surface area contributed by atoms with Gasteiger partial charge in [0.05, 0.1) is 17.0 Å². The molecule has 0 spiro atoms. The minimum absolute atomic E-state index is 0.0358. The van der Waals surface area contributed by atoms with E-state index in [1.165, 1.54) is 53.9 Å². The average Bonchev–Trinajstić information content (AvgIpc) is 3.00. The number of rotatable bonds is 5. The summed E-state index contributed by atoms with van der Waals surface area (Å²) in [5.41, 5.74) is 1.56. The number of carbonyl (C=O) groups excluding carboxylic acids is 3. The summed E-state index contributed by atoms with van der Waals surface area (Å²) in [4.78, 5) is 40.2. The first-order chi connectivity index (χ1) is 16.7. The van der Waals surface area contributed by atoms with Crippen molar-refractivity contribution in [2.75, 3.05) is 32.0 Å². The van der Waals surface area contributed by atoms with Gasteiger partial charge in [-0.2, -0.15) is 4.31 Å². The van der Waals surface area contributed by atoms with E-state index in [9.17, 15) is 22.8 Å². The van der Waals surface area contributed by atoms with Crippen molar-refractivity contribution in [1.82, 2.24) is 14.5 Å². The van der Waals surface area contributed by atoms with Crippen LogP contribution in [-0.2, 0) is 27.8 Å². The first kappa shape index (κ1) is 25.3. The molecule has 0 atom stereocenters. The minimum atomic E-state index is -3.60. The van der Waals surface area contributed by atoms with Crippen molar-refractivity contribution < 1.29 is 22.8 Å². The summed E-state index contributed by atoms with van der Waals surface area (Å²) in [5.74, 6) is -0.768. The number of nitrogens with one attached hydrogen (secondary N) is 2. The van der Waals surface area contributed by atoms with Gasteiger partial charge in [0, 0.05) is 44.0 Å². The Hall–Kier alpha value is -2.76. The van der Waals surface area contributed by atoms with Gasteiger partial charge in [0.1, 0.15) is 5.00 Å². The smallest absolute Gasteiger partial charge is 0.256 e. The Kier molecular flexibility index (Phi) is 7.58. The van der Waals surface area contributed by atoms with E-state index < -0.39 is 15.9 Å². The summed E-state index contributed by atoms with van der Waals surface area (Å²) in [7, 11) is -2.07. The zero-order chi connectivity index (χ0) is 25.2. The van der Waals surface area contributed by atoms with Gasteiger partial charge in [-0.1, -0.05) is 12.8 Å². The molecule has 11 heteroatoms. The van der Waals surface area contributed by atoms with Crippen LogP contribution in [-0.4, -0.2) is 62.0 Å². The van der Waals surface area contributed by atoms with Crippen LogP contribution in [0.15, 0.2) is 29.2 Å². The Bertz CT molecular complexity index is 1230. The summed E-state index contributed by atoms with van der Waals surface area (Å²) in [5, 5.41) is 5.88. The fourth-order valence-corrected chi connectivity index (χ4v) is 7.28. The Balaban J connectivity index is 1.55. The van der Waals surface area contributed by atoms with Crippen LogP contribution in [0.5, 0.6) is 0 Å². The summed E-state index contributed by atoms with van der Waals surface area (Å²) in [6.07, 6.45) is 4.29. The van der Waals surface area contributed by atoms with Gasteiger partial charge < -0.3 is 15.5 Å². The molecule has 0 aliphatic carbocycles. The predicted octanol–water partition coefficient (Wildman–Crippen LogP) is 2.83. The van der Waals surface area contributed by atoms with Crippen molar-refractivity contribution in [1.29, 1.82) is 0 Å². The van der Waals surface area contributed by atoms with Crippen LogP contribution in [0.25, 0.3) is 0 Å². The number of carbonyl (C=O) groups is 3. The molecule has 2 aliphatic heterocycles. The van der Waals surface area contributed by atoms with E-state index in [-0.39, 0.29) is 16.7 Å². The second-order valence-corrected chi connectivity index (χ2v) is 11.8. The van der Waals surface area contributed by atoms with E-state index in [1.54, 1.807) is 4.90 Å². The van der Waals surface area contributed by atoms with Crippen LogP contribution in [0.2, 0.25) is 0 Å². The number of nitrogens with zero attached hydrogens (tertiary/aromatic N) is 2. The maximum absolute atomic E-state index is 13.0. The van der Waals surface area contributed by atoms with E-state index in [1.807, 2.05) is 0 Å². The SMILES string of the molecule is CNC(=O)c1c(NC(=O)c2ccc(S(=O)(=O)N3CCCCCC3)cc2)sc2c1CCN(C(C)=O)C2. The van der Waals surface area contributed by atoms with Gasteiger partial charge in [-0.15, -0.1) is 11.3 Å². The van der Waals surface area contributed by atoms with Crippen molar-refractivity contribution in [3.05, 3.63) is 45.8 Å². The highest BCUT2D eigenvalue weighted by Gasteiger charge is 2.30. The van der Waals surface area contributed by atoms with E-state index >= 15 is 0 Å². The molecule has 2 N–H and O–H groups in total. The summed E-state index contributed by atoms with van der Waals surface area (Å²) in [6, 6.07) is 5.90. The third-order valence-corrected chi connectivity index (χ3v) is 9.55. The van der Waals surface area contributed by atoms with Gasteiger partial charge in [-0.3, -0.25) is 14.4 Å². The van der Waals surface area contributed by atoms with Crippen LogP contribution >= 0.6 is 11.3 Å². The molecule has 1 aromatic heterocycles. The molecule has 4 rings (SSSR count). The number of amides is 3. The average molecular weight is 519 g/mol. The Morgan fingerprint density at radius 1 is 0.943 bits per heavy atom. The Morgan fingerprint density at radius 3 is 2.20 bits per heavy atom. The van der Waals surface area contributed by atoms with Gasteiger partial charge in [-0.05, 0) is 49.1 Å². The molecule has 0 saturated carbocycles. The van der Waals surface area contributed by atoms with Crippen LogP contribution in [0.1, 0.15) is 63.8 Å². The topological polar surface area (TPSA) is 116 Å². The van der Waals surface area contributed by atoms with Crippen molar-refractivity contribution in [2.24, 2.45) is 0 Å². The molecule has 2 aromatic rings. The van der Waals surface area contributed by atoms with Crippen molar-refractivity contribution in [3.63, 3.8) is 0 Å². The lowest BCUT2D eigenvalue weighted by Gasteiger charge is -2.25. The number of hydrogen-bond donors (Lipinski definition) is 2. The maximum Gasteiger partial charge on any atom is 0.256 e. The lowest BCUT2D eigenvalue weighted by Crippen LogP contribution is -2.34. The Morgan fingerprint density at radius 2 is 1.60 bits per heavy atom. The molecular weight excluding hydrogens is 488 g/mol. The molecule has 3 heterocycles. The predicted molar refractivity (Wildman–Crippen MR) is 134 cm³/mol. The number of sulfonamides is 1. The van der Waals surface area contributed by atoms with Gasteiger partial charge in [0.15, 0.2) is 0 Å². The molecule has 1 fully saturated rings. The zero-order valence-electron chi connectivity index (χ0n) is 19.9. The summed E-state index contributed by atoms with van der Waals surface area (Å²) in [6.45, 7) is 3.45. The van der Waals surface area contributed by atoms with Gasteiger partial charge >= 0.3 is 0 Å². The summed E-state index contributed by atoms with van der Waals surface area (Å²) < 4.78 is 27.5. The first-order valence-electron chi connectivity index (χ1n) is 11.8. The van der Waals surface area contributed by atoms with Crippen molar-refractivity contribution >= 4 is 44.1 Å². The highest BCUT2D eigenvalue weighted by atomic mass is 32.2. The standard InChI is InChI=1S/C24H30N4O5S2/c1-16(29)27-14-11-19-20(15-27)34-24(21(19)23(31)25-2)26-22(30)17-7-9-18(10-8-17)35(32,33)28-12-5-3-4-6-13-28/h7-10H,3-6,11-15H2,1-2H3,(H,25,31)(H,26,30). The number of hydrogen-bond acceptors (Lipinski definition) is 6. The zero-order valence-corrected chi connectivity index (χ0v) is 21.6. The molecule has 0 unspecified atom stereocenters. The molecule has 3 amide bonds. The van der Waals surface area contributed by atoms with Crippen LogP contribution < -0.4 is 10.6 Å². The van der Waals surface area contributed by atoms with Crippen molar-refractivity contribution in [2.45, 2.75) is 50.5 Å². The molecule has 0 radical (unpaired) electrons.